The molecule has 1 aromatic rings. The van der Waals surface area contributed by atoms with E-state index in [1.54, 1.807) is 0 Å². The molecule has 23 heavy (non-hydrogen) atoms. The van der Waals surface area contributed by atoms with Gasteiger partial charge < -0.3 is 10.1 Å². The van der Waals surface area contributed by atoms with Gasteiger partial charge in [-0.1, -0.05) is 31.5 Å². The molecule has 0 bridgehead atoms. The number of rotatable bonds is 5. The fourth-order valence-corrected chi connectivity index (χ4v) is 3.40. The number of unbranched alkanes of at least 4 members (excludes halogenated alkanes) is 1. The SMILES string of the molecule is CCCCOc1ccccc1[C@@H]1CC(=O)NC2=C1C(=O)CCC2. The van der Waals surface area contributed by atoms with Crippen molar-refractivity contribution in [2.45, 2.75) is 51.4 Å². The van der Waals surface area contributed by atoms with Gasteiger partial charge in [-0.25, -0.2) is 0 Å². The number of benzene rings is 1. The molecule has 0 spiro atoms. The molecule has 0 fully saturated rings. The summed E-state index contributed by atoms with van der Waals surface area (Å²) in [7, 11) is 0. The Morgan fingerprint density at radius 1 is 1.22 bits per heavy atom. The maximum atomic E-state index is 12.4. The first kappa shape index (κ1) is 15.8. The molecule has 4 nitrogen and oxygen atoms in total. The van der Waals surface area contributed by atoms with E-state index in [4.69, 9.17) is 4.74 Å². The van der Waals surface area contributed by atoms with Gasteiger partial charge in [-0.15, -0.1) is 0 Å². The van der Waals surface area contributed by atoms with E-state index in [1.165, 1.54) is 0 Å². The molecule has 4 heteroatoms. The van der Waals surface area contributed by atoms with Crippen LogP contribution in [0.3, 0.4) is 0 Å². The van der Waals surface area contributed by atoms with Gasteiger partial charge in [-0.05, 0) is 25.3 Å². The van der Waals surface area contributed by atoms with Gasteiger partial charge >= 0.3 is 0 Å². The summed E-state index contributed by atoms with van der Waals surface area (Å²) >= 11 is 0. The Morgan fingerprint density at radius 3 is 2.87 bits per heavy atom. The van der Waals surface area contributed by atoms with Gasteiger partial charge in [0.05, 0.1) is 6.61 Å². The highest BCUT2D eigenvalue weighted by atomic mass is 16.5. The first-order valence-corrected chi connectivity index (χ1v) is 8.48. The van der Waals surface area contributed by atoms with Gasteiger partial charge in [0.25, 0.3) is 0 Å². The summed E-state index contributed by atoms with van der Waals surface area (Å²) in [5, 5.41) is 2.90. The molecule has 0 radical (unpaired) electrons. The zero-order chi connectivity index (χ0) is 16.2. The predicted octanol–water partition coefficient (Wildman–Crippen LogP) is 3.48. The Morgan fingerprint density at radius 2 is 2.04 bits per heavy atom. The lowest BCUT2D eigenvalue weighted by atomic mass is 9.78. The van der Waals surface area contributed by atoms with Crippen molar-refractivity contribution in [3.63, 3.8) is 0 Å². The minimum Gasteiger partial charge on any atom is -0.493 e. The molecular formula is C19H23NO3. The number of carbonyl (C=O) groups is 2. The van der Waals surface area contributed by atoms with Crippen LogP contribution >= 0.6 is 0 Å². The van der Waals surface area contributed by atoms with Crippen LogP contribution in [0.15, 0.2) is 35.5 Å². The summed E-state index contributed by atoms with van der Waals surface area (Å²) in [6.45, 7) is 2.78. The molecule has 1 aromatic carbocycles. The Bertz CT molecular complexity index is 648. The third-order valence-electron chi connectivity index (χ3n) is 4.53. The number of hydrogen-bond donors (Lipinski definition) is 1. The van der Waals surface area contributed by atoms with Gasteiger partial charge in [-0.2, -0.15) is 0 Å². The molecule has 2 aliphatic rings. The van der Waals surface area contributed by atoms with E-state index in [9.17, 15) is 9.59 Å². The monoisotopic (exact) mass is 313 g/mol. The molecule has 1 aliphatic carbocycles. The maximum Gasteiger partial charge on any atom is 0.225 e. The molecule has 3 rings (SSSR count). The Kier molecular flexibility index (Phi) is 4.79. The van der Waals surface area contributed by atoms with E-state index in [0.717, 1.165) is 48.3 Å². The first-order chi connectivity index (χ1) is 11.2. The highest BCUT2D eigenvalue weighted by Crippen LogP contribution is 2.41. The van der Waals surface area contributed by atoms with Crippen molar-refractivity contribution < 1.29 is 14.3 Å². The summed E-state index contributed by atoms with van der Waals surface area (Å²) < 4.78 is 5.92. The lowest BCUT2D eigenvalue weighted by Gasteiger charge is -2.31. The van der Waals surface area contributed by atoms with Crippen molar-refractivity contribution in [1.82, 2.24) is 5.32 Å². The zero-order valence-electron chi connectivity index (χ0n) is 13.6. The van der Waals surface area contributed by atoms with Crippen molar-refractivity contribution in [3.8, 4) is 5.75 Å². The number of ketones is 1. The summed E-state index contributed by atoms with van der Waals surface area (Å²) in [4.78, 5) is 24.5. The van der Waals surface area contributed by atoms with E-state index in [1.807, 2.05) is 24.3 Å². The summed E-state index contributed by atoms with van der Waals surface area (Å²) in [5.74, 6) is 0.779. The number of Topliss-reactive ketones (excluding diaryl/α,β-unsaturated/α-hetero) is 1. The quantitative estimate of drug-likeness (QED) is 0.847. The molecule has 0 aromatic heterocycles. The molecule has 1 amide bonds. The van der Waals surface area contributed by atoms with Crippen LogP contribution < -0.4 is 10.1 Å². The minimum absolute atomic E-state index is 0.00758. The van der Waals surface area contributed by atoms with E-state index < -0.39 is 0 Å². The number of ether oxygens (including phenoxy) is 1. The molecular weight excluding hydrogens is 290 g/mol. The second-order valence-corrected chi connectivity index (χ2v) is 6.21. The van der Waals surface area contributed by atoms with Gasteiger partial charge in [0.1, 0.15) is 5.75 Å². The first-order valence-electron chi connectivity index (χ1n) is 8.48. The molecule has 0 saturated carbocycles. The lowest BCUT2D eigenvalue weighted by Crippen LogP contribution is -2.36. The number of amides is 1. The van der Waals surface area contributed by atoms with Crippen LogP contribution in [-0.2, 0) is 9.59 Å². The van der Waals surface area contributed by atoms with Crippen LogP contribution in [0, 0.1) is 0 Å². The van der Waals surface area contributed by atoms with Crippen molar-refractivity contribution in [3.05, 3.63) is 41.1 Å². The fraction of sp³-hybridized carbons (Fsp3) is 0.474. The molecule has 122 valence electrons. The van der Waals surface area contributed by atoms with E-state index in [2.05, 4.69) is 12.2 Å². The van der Waals surface area contributed by atoms with Crippen LogP contribution in [-0.4, -0.2) is 18.3 Å². The standard InChI is InChI=1S/C19H23NO3/c1-2-3-11-23-17-10-5-4-7-13(17)14-12-18(22)20-15-8-6-9-16(21)19(14)15/h4-5,7,10,14H,2-3,6,8-9,11-12H2,1H3,(H,20,22)/t14-/m0/s1. The maximum absolute atomic E-state index is 12.4. The van der Waals surface area contributed by atoms with E-state index >= 15 is 0 Å². The van der Waals surface area contributed by atoms with Crippen LogP contribution in [0.25, 0.3) is 0 Å². The number of nitrogens with one attached hydrogen (secondary N) is 1. The second kappa shape index (κ2) is 6.99. The van der Waals surface area contributed by atoms with Gasteiger partial charge in [0, 0.05) is 35.6 Å². The highest BCUT2D eigenvalue weighted by Gasteiger charge is 2.35. The smallest absolute Gasteiger partial charge is 0.225 e. The normalized spacial score (nSPS) is 21.0. The third-order valence-corrected chi connectivity index (χ3v) is 4.53. The van der Waals surface area contributed by atoms with Crippen LogP contribution in [0.5, 0.6) is 5.75 Å². The molecule has 1 heterocycles. The van der Waals surface area contributed by atoms with Crippen molar-refractivity contribution in [2.75, 3.05) is 6.61 Å². The topological polar surface area (TPSA) is 55.4 Å². The third kappa shape index (κ3) is 3.31. The summed E-state index contributed by atoms with van der Waals surface area (Å²) in [6.07, 6.45) is 4.55. The largest absolute Gasteiger partial charge is 0.493 e. The highest BCUT2D eigenvalue weighted by molar-refractivity contribution is 6.01. The van der Waals surface area contributed by atoms with Crippen molar-refractivity contribution in [2.24, 2.45) is 0 Å². The Balaban J connectivity index is 1.96. The van der Waals surface area contributed by atoms with Crippen molar-refractivity contribution >= 4 is 11.7 Å². The molecule has 1 N–H and O–H groups in total. The molecule has 0 saturated heterocycles. The average Bonchev–Trinajstić information content (AvgIpc) is 2.55. The summed E-state index contributed by atoms with van der Waals surface area (Å²) in [6, 6.07) is 7.80. The van der Waals surface area contributed by atoms with E-state index in [-0.39, 0.29) is 17.6 Å². The van der Waals surface area contributed by atoms with Gasteiger partial charge in [-0.3, -0.25) is 9.59 Å². The van der Waals surface area contributed by atoms with Crippen LogP contribution in [0.4, 0.5) is 0 Å². The average molecular weight is 313 g/mol. The fourth-order valence-electron chi connectivity index (χ4n) is 3.40. The van der Waals surface area contributed by atoms with Crippen LogP contribution in [0.1, 0.15) is 56.9 Å². The number of allylic oxidation sites excluding steroid dienone is 2. The molecule has 1 aliphatic heterocycles. The van der Waals surface area contributed by atoms with Crippen LogP contribution in [0.2, 0.25) is 0 Å². The lowest BCUT2D eigenvalue weighted by molar-refractivity contribution is -0.122. The molecule has 1 atom stereocenters. The van der Waals surface area contributed by atoms with Crippen molar-refractivity contribution in [1.29, 1.82) is 0 Å². The zero-order valence-corrected chi connectivity index (χ0v) is 13.6. The van der Waals surface area contributed by atoms with Gasteiger partial charge in [0.15, 0.2) is 5.78 Å². The number of para-hydroxylation sites is 1. The molecule has 0 unspecified atom stereocenters. The summed E-state index contributed by atoms with van der Waals surface area (Å²) in [5.41, 5.74) is 2.58. The Hall–Kier alpha value is -2.10. The van der Waals surface area contributed by atoms with Gasteiger partial charge in [0.2, 0.25) is 5.91 Å². The number of carbonyl (C=O) groups excluding carboxylic acids is 2. The minimum atomic E-state index is -0.177. The predicted molar refractivity (Wildman–Crippen MR) is 88.2 cm³/mol. The Labute approximate surface area is 136 Å². The number of hydrogen-bond acceptors (Lipinski definition) is 3. The second-order valence-electron chi connectivity index (χ2n) is 6.21. The van der Waals surface area contributed by atoms with E-state index in [0.29, 0.717) is 19.4 Å².